The van der Waals surface area contributed by atoms with Gasteiger partial charge in [0.15, 0.2) is 0 Å². The normalized spacial score (nSPS) is 10.7. The molecule has 4 nitrogen and oxygen atoms in total. The van der Waals surface area contributed by atoms with Gasteiger partial charge in [-0.15, -0.1) is 0 Å². The Morgan fingerprint density at radius 2 is 1.71 bits per heavy atom. The van der Waals surface area contributed by atoms with Crippen molar-refractivity contribution in [1.29, 1.82) is 0 Å². The highest BCUT2D eigenvalue weighted by molar-refractivity contribution is 7.84. The van der Waals surface area contributed by atoms with Crippen LogP contribution in [-0.2, 0) is 16.4 Å². The van der Waals surface area contributed by atoms with Gasteiger partial charge in [0.1, 0.15) is 4.90 Å². The summed E-state index contributed by atoms with van der Waals surface area (Å²) in [5.41, 5.74) is 6.39. The summed E-state index contributed by atoms with van der Waals surface area (Å²) in [6.07, 6.45) is 0.761. The maximum absolute atomic E-state index is 11.0. The van der Waals surface area contributed by atoms with E-state index in [0.29, 0.717) is 6.54 Å². The first-order valence-corrected chi connectivity index (χ1v) is 5.56. The van der Waals surface area contributed by atoms with Crippen molar-refractivity contribution in [3.63, 3.8) is 0 Å². The summed E-state index contributed by atoms with van der Waals surface area (Å²) in [5.74, 6) is 0. The Kier molecular flexibility index (Phi) is 5.07. The zero-order valence-electron chi connectivity index (χ0n) is 7.61. The quantitative estimate of drug-likeness (QED) is 0.563. The zero-order valence-corrected chi connectivity index (χ0v) is 9.18. The summed E-state index contributed by atoms with van der Waals surface area (Å²) in [7, 11) is -3.32. The van der Waals surface area contributed by atoms with E-state index in [1.807, 2.05) is 0 Å². The van der Waals surface area contributed by atoms with Gasteiger partial charge in [-0.3, -0.25) is 0 Å². The van der Waals surface area contributed by atoms with Gasteiger partial charge >= 0.3 is 10.0 Å². The van der Waals surface area contributed by atoms with E-state index in [0.717, 1.165) is 12.0 Å². The maximum atomic E-state index is 11.0. The molecule has 5 N–H and O–H groups in total. The van der Waals surface area contributed by atoms with Crippen LogP contribution in [0.4, 0.5) is 0 Å². The number of rotatable bonds is 3. The lowest BCUT2D eigenvalue weighted by Gasteiger charge is -1.98. The van der Waals surface area contributed by atoms with Crippen molar-refractivity contribution in [2.24, 2.45) is 5.73 Å². The molecule has 0 saturated carbocycles. The van der Waals surface area contributed by atoms with Crippen molar-refractivity contribution in [3.8, 4) is 0 Å². The Morgan fingerprint density at radius 1 is 1.21 bits per heavy atom. The second-order valence-corrected chi connectivity index (χ2v) is 4.50. The molecule has 80 valence electrons. The first-order chi connectivity index (χ1) is 6.04. The standard InChI is InChI=1S/C8H12N2O2S.ClH/c9-6-5-7-1-3-8(4-2-7)13(10,11)12;/h1-4H,5-6,9H2,(H2,10,11,12);1H. The smallest absolute Gasteiger partial charge is 0.322 e. The third-order valence-corrected chi connectivity index (χ3v) is 2.71. The van der Waals surface area contributed by atoms with Crippen molar-refractivity contribution in [2.75, 3.05) is 6.54 Å². The van der Waals surface area contributed by atoms with Gasteiger partial charge in [-0.25, -0.2) is 5.14 Å². The molecule has 14 heavy (non-hydrogen) atoms. The molecular formula is C8H13ClN2O2S. The summed E-state index contributed by atoms with van der Waals surface area (Å²) in [6, 6.07) is 6.61. The van der Waals surface area contributed by atoms with E-state index in [9.17, 15) is 8.42 Å². The lowest BCUT2D eigenvalue weighted by molar-refractivity contribution is -0.164. The molecule has 0 radical (unpaired) electrons. The molecule has 0 aliphatic heterocycles. The van der Waals surface area contributed by atoms with Crippen LogP contribution >= 0.6 is 0 Å². The van der Waals surface area contributed by atoms with Crippen LogP contribution in [0.15, 0.2) is 29.2 Å². The van der Waals surface area contributed by atoms with E-state index in [-0.39, 0.29) is 17.3 Å². The average Bonchev–Trinajstić information content (AvgIpc) is 2.04. The van der Waals surface area contributed by atoms with E-state index in [1.165, 1.54) is 0 Å². The number of quaternary nitrogens is 1. The molecule has 0 aromatic heterocycles. The molecule has 0 atom stereocenters. The molecule has 0 spiro atoms. The maximum Gasteiger partial charge on any atom is 0.322 e. The molecule has 0 heterocycles. The summed E-state index contributed by atoms with van der Waals surface area (Å²) >= 11 is 0. The Balaban J connectivity index is 0.00000169. The van der Waals surface area contributed by atoms with Gasteiger partial charge in [-0.05, 0) is 30.7 Å². The topological polar surface area (TPSA) is 87.8 Å². The minimum Gasteiger partial charge on any atom is -1.00 e. The number of hydrogen-bond donors (Lipinski definition) is 2. The molecule has 0 saturated heterocycles. The number of hydrogen-bond acceptors (Lipinski definition) is 3. The van der Waals surface area contributed by atoms with Crippen LogP contribution in [0.1, 0.15) is 5.56 Å². The molecule has 1 aromatic rings. The van der Waals surface area contributed by atoms with Gasteiger partial charge in [-0.1, -0.05) is 12.1 Å². The minimum absolute atomic E-state index is 0. The Morgan fingerprint density at radius 3 is 2.07 bits per heavy atom. The zero-order chi connectivity index (χ0) is 9.90. The average molecular weight is 237 g/mol. The van der Waals surface area contributed by atoms with Gasteiger partial charge in [0.25, 0.3) is 0 Å². The Labute approximate surface area is 89.8 Å². The van der Waals surface area contributed by atoms with Crippen LogP contribution in [-0.4, -0.2) is 15.0 Å². The number of sulfonamides is 1. The first-order valence-electron chi connectivity index (χ1n) is 3.91. The van der Waals surface area contributed by atoms with E-state index in [4.69, 9.17) is 5.73 Å². The molecule has 0 unspecified atom stereocenters. The van der Waals surface area contributed by atoms with Crippen molar-refractivity contribution in [3.05, 3.63) is 29.8 Å². The van der Waals surface area contributed by atoms with Crippen LogP contribution in [0.5, 0.6) is 0 Å². The fourth-order valence-corrected chi connectivity index (χ4v) is 1.58. The van der Waals surface area contributed by atoms with Gasteiger partial charge in [0.2, 0.25) is 0 Å². The molecule has 1 rings (SSSR count). The van der Waals surface area contributed by atoms with Gasteiger partial charge < -0.3 is 18.1 Å². The number of halogens is 1. The molecule has 1 aromatic carbocycles. The fraction of sp³-hybridized carbons (Fsp3) is 0.250. The van der Waals surface area contributed by atoms with E-state index in [1.54, 1.807) is 24.3 Å². The molecule has 0 fully saturated rings. The van der Waals surface area contributed by atoms with Crippen LogP contribution in [0.2, 0.25) is 0 Å². The van der Waals surface area contributed by atoms with Gasteiger partial charge in [0.05, 0.1) is 0 Å². The largest absolute Gasteiger partial charge is 1.00 e. The van der Waals surface area contributed by atoms with Crippen molar-refractivity contribution in [1.82, 2.24) is 0 Å². The predicted octanol–water partition coefficient (Wildman–Crippen LogP) is -3.88. The van der Waals surface area contributed by atoms with Crippen LogP contribution < -0.4 is 23.3 Å². The fourth-order valence-electron chi connectivity index (χ4n) is 1.03. The summed E-state index contributed by atoms with van der Waals surface area (Å²) in [4.78, 5) is 0.244. The highest BCUT2D eigenvalue weighted by atomic mass is 35.5. The van der Waals surface area contributed by atoms with Crippen molar-refractivity contribution >= 4 is 10.0 Å². The first kappa shape index (κ1) is 13.4. The third kappa shape index (κ3) is 3.63. The predicted molar refractivity (Wildman–Crippen MR) is 49.3 cm³/mol. The van der Waals surface area contributed by atoms with Crippen LogP contribution in [0, 0.1) is 0 Å². The highest BCUT2D eigenvalue weighted by Crippen LogP contribution is 2.07. The molecule has 0 amide bonds. The highest BCUT2D eigenvalue weighted by Gasteiger charge is 2.09. The SMILES string of the molecule is NCCc1ccc(S([NH3+])(=O)=O)cc1.[Cl-]. The second-order valence-electron chi connectivity index (χ2n) is 2.80. The van der Waals surface area contributed by atoms with E-state index >= 15 is 0 Å². The number of nitrogens with two attached hydrogens (primary N) is 1. The Hall–Kier alpha value is -0.620. The molecule has 0 aliphatic rings. The Bertz CT molecular complexity index is 375. The van der Waals surface area contributed by atoms with Crippen LogP contribution in [0.25, 0.3) is 0 Å². The molecule has 0 aliphatic carbocycles. The summed E-state index contributed by atoms with van der Waals surface area (Å²) in [5, 5.41) is 3.06. The lowest BCUT2D eigenvalue weighted by Crippen LogP contribution is -3.00. The summed E-state index contributed by atoms with van der Waals surface area (Å²) < 4.78 is 21.9. The monoisotopic (exact) mass is 236 g/mol. The van der Waals surface area contributed by atoms with Crippen molar-refractivity contribution in [2.45, 2.75) is 11.3 Å². The van der Waals surface area contributed by atoms with Crippen LogP contribution in [0.3, 0.4) is 0 Å². The van der Waals surface area contributed by atoms with Gasteiger partial charge in [-0.2, -0.15) is 8.42 Å². The second kappa shape index (κ2) is 5.31. The minimum atomic E-state index is -3.32. The lowest BCUT2D eigenvalue weighted by atomic mass is 10.2. The van der Waals surface area contributed by atoms with Gasteiger partial charge in [0, 0.05) is 0 Å². The van der Waals surface area contributed by atoms with E-state index in [2.05, 4.69) is 5.14 Å². The molecule has 6 heteroatoms. The third-order valence-electron chi connectivity index (χ3n) is 1.72. The van der Waals surface area contributed by atoms with Crippen molar-refractivity contribution < 1.29 is 26.0 Å². The van der Waals surface area contributed by atoms with E-state index < -0.39 is 10.0 Å². The summed E-state index contributed by atoms with van der Waals surface area (Å²) in [6.45, 7) is 0.566. The molecule has 0 bridgehead atoms. The number of benzene rings is 1. The molecular weight excluding hydrogens is 224 g/mol.